The van der Waals surface area contributed by atoms with Gasteiger partial charge >= 0.3 is 0 Å². The number of rotatable bonds is 8. The molecule has 0 saturated heterocycles. The van der Waals surface area contributed by atoms with Crippen molar-refractivity contribution in [1.29, 1.82) is 0 Å². The monoisotopic (exact) mass is 303 g/mol. The summed E-state index contributed by atoms with van der Waals surface area (Å²) in [6.45, 7) is 6.56. The van der Waals surface area contributed by atoms with E-state index in [1.807, 2.05) is 6.07 Å². The van der Waals surface area contributed by atoms with Crippen LogP contribution in [0.25, 0.3) is 0 Å². The minimum Gasteiger partial charge on any atom is -0.495 e. The van der Waals surface area contributed by atoms with Crippen molar-refractivity contribution in [2.75, 3.05) is 20.2 Å². The van der Waals surface area contributed by atoms with Gasteiger partial charge in [-0.3, -0.25) is 0 Å². The average molecular weight is 304 g/mol. The van der Waals surface area contributed by atoms with Crippen molar-refractivity contribution in [3.8, 4) is 5.75 Å². The summed E-state index contributed by atoms with van der Waals surface area (Å²) in [5, 5.41) is 4.79. The zero-order valence-electron chi connectivity index (χ0n) is 11.9. The van der Waals surface area contributed by atoms with Gasteiger partial charge in [-0.15, -0.1) is 0 Å². The zero-order valence-corrected chi connectivity index (χ0v) is 13.4. The number of halogens is 2. The van der Waals surface area contributed by atoms with Crippen molar-refractivity contribution in [1.82, 2.24) is 5.32 Å². The molecule has 1 N–H and O–H groups in total. The van der Waals surface area contributed by atoms with E-state index in [4.69, 9.17) is 27.9 Å². The molecule has 0 aliphatic carbocycles. The molecule has 1 aromatic rings. The third-order valence-corrected chi connectivity index (χ3v) is 3.57. The van der Waals surface area contributed by atoms with E-state index in [0.717, 1.165) is 42.9 Å². The van der Waals surface area contributed by atoms with Crippen LogP contribution in [0.1, 0.15) is 32.3 Å². The summed E-state index contributed by atoms with van der Waals surface area (Å²) < 4.78 is 5.13. The molecule has 0 heterocycles. The number of hydrogen-bond donors (Lipinski definition) is 1. The Balaban J connectivity index is 2.35. The Morgan fingerprint density at radius 1 is 1.16 bits per heavy atom. The predicted octanol–water partition coefficient (Wildman–Crippen LogP) is 4.57. The molecule has 0 aliphatic rings. The molecule has 0 amide bonds. The van der Waals surface area contributed by atoms with Gasteiger partial charge in [0.25, 0.3) is 0 Å². The van der Waals surface area contributed by atoms with Crippen LogP contribution in [0.15, 0.2) is 12.1 Å². The Morgan fingerprint density at radius 2 is 1.89 bits per heavy atom. The van der Waals surface area contributed by atoms with Gasteiger partial charge in [0.1, 0.15) is 5.75 Å². The van der Waals surface area contributed by atoms with Crippen LogP contribution in [0.5, 0.6) is 5.75 Å². The lowest BCUT2D eigenvalue weighted by molar-refractivity contribution is 0.415. The Kier molecular flexibility index (Phi) is 7.59. The summed E-state index contributed by atoms with van der Waals surface area (Å²) >= 11 is 12.3. The Labute approximate surface area is 126 Å². The fourth-order valence-electron chi connectivity index (χ4n) is 1.87. The molecule has 0 fully saturated rings. The standard InChI is InChI=1S/C15H23Cl2NO/c1-11(2)10-18-7-5-4-6-12-8-14(17)15(19-3)9-13(12)16/h8-9,11,18H,4-7,10H2,1-3H3. The molecule has 0 bridgehead atoms. The van der Waals surface area contributed by atoms with E-state index >= 15 is 0 Å². The van der Waals surface area contributed by atoms with E-state index in [1.54, 1.807) is 13.2 Å². The summed E-state index contributed by atoms with van der Waals surface area (Å²) in [6.07, 6.45) is 3.20. The van der Waals surface area contributed by atoms with Crippen LogP contribution in [0, 0.1) is 5.92 Å². The Bertz CT molecular complexity index is 394. The SMILES string of the molecule is COc1cc(Cl)c(CCCCNCC(C)C)cc1Cl. The van der Waals surface area contributed by atoms with Gasteiger partial charge in [0.15, 0.2) is 0 Å². The first-order chi connectivity index (χ1) is 9.04. The van der Waals surface area contributed by atoms with Crippen molar-refractivity contribution in [2.24, 2.45) is 5.92 Å². The largest absolute Gasteiger partial charge is 0.495 e. The number of ether oxygens (including phenoxy) is 1. The molecule has 4 heteroatoms. The van der Waals surface area contributed by atoms with Gasteiger partial charge in [-0.25, -0.2) is 0 Å². The lowest BCUT2D eigenvalue weighted by Crippen LogP contribution is -2.20. The molecule has 0 spiro atoms. The van der Waals surface area contributed by atoms with Gasteiger partial charge in [0.2, 0.25) is 0 Å². The first kappa shape index (κ1) is 16.6. The van der Waals surface area contributed by atoms with Crippen LogP contribution in [0.3, 0.4) is 0 Å². The maximum atomic E-state index is 6.21. The van der Waals surface area contributed by atoms with Crippen LogP contribution < -0.4 is 10.1 Å². The lowest BCUT2D eigenvalue weighted by atomic mass is 10.1. The fourth-order valence-corrected chi connectivity index (χ4v) is 2.39. The summed E-state index contributed by atoms with van der Waals surface area (Å²) in [7, 11) is 1.59. The summed E-state index contributed by atoms with van der Waals surface area (Å²) in [5.41, 5.74) is 1.09. The molecule has 0 unspecified atom stereocenters. The second kappa shape index (κ2) is 8.68. The quantitative estimate of drug-likeness (QED) is 0.710. The van der Waals surface area contributed by atoms with E-state index in [9.17, 15) is 0 Å². The van der Waals surface area contributed by atoms with Crippen molar-refractivity contribution in [3.63, 3.8) is 0 Å². The molecule has 0 radical (unpaired) electrons. The van der Waals surface area contributed by atoms with Gasteiger partial charge in [-0.05, 0) is 49.9 Å². The van der Waals surface area contributed by atoms with Crippen LogP contribution in [-0.4, -0.2) is 20.2 Å². The van der Waals surface area contributed by atoms with E-state index < -0.39 is 0 Å². The van der Waals surface area contributed by atoms with Crippen LogP contribution >= 0.6 is 23.2 Å². The highest BCUT2D eigenvalue weighted by atomic mass is 35.5. The zero-order chi connectivity index (χ0) is 14.3. The highest BCUT2D eigenvalue weighted by Gasteiger charge is 2.07. The number of methoxy groups -OCH3 is 1. The number of hydrogen-bond acceptors (Lipinski definition) is 2. The van der Waals surface area contributed by atoms with E-state index in [2.05, 4.69) is 19.2 Å². The fraction of sp³-hybridized carbons (Fsp3) is 0.600. The van der Waals surface area contributed by atoms with Gasteiger partial charge in [-0.1, -0.05) is 37.0 Å². The third-order valence-electron chi connectivity index (χ3n) is 2.92. The molecule has 1 rings (SSSR count). The molecule has 19 heavy (non-hydrogen) atoms. The molecule has 1 aromatic carbocycles. The summed E-state index contributed by atoms with van der Waals surface area (Å²) in [5.74, 6) is 1.34. The summed E-state index contributed by atoms with van der Waals surface area (Å²) in [6, 6.07) is 3.69. The minimum absolute atomic E-state index is 0.625. The van der Waals surface area contributed by atoms with Gasteiger partial charge in [0.05, 0.1) is 12.1 Å². The smallest absolute Gasteiger partial charge is 0.138 e. The first-order valence-electron chi connectivity index (χ1n) is 6.77. The predicted molar refractivity (Wildman–Crippen MR) is 83.7 cm³/mol. The van der Waals surface area contributed by atoms with Crippen molar-refractivity contribution in [2.45, 2.75) is 33.1 Å². The molecular weight excluding hydrogens is 281 g/mol. The second-order valence-corrected chi connectivity index (χ2v) is 5.95. The Hall–Kier alpha value is -0.440. The van der Waals surface area contributed by atoms with Gasteiger partial charge in [0, 0.05) is 11.1 Å². The molecule has 0 aliphatic heterocycles. The van der Waals surface area contributed by atoms with Crippen molar-refractivity contribution >= 4 is 23.2 Å². The molecule has 0 aromatic heterocycles. The third kappa shape index (κ3) is 6.03. The number of aryl methyl sites for hydroxylation is 1. The maximum absolute atomic E-state index is 6.21. The normalized spacial score (nSPS) is 11.1. The van der Waals surface area contributed by atoms with E-state index in [-0.39, 0.29) is 0 Å². The minimum atomic E-state index is 0.625. The molecule has 108 valence electrons. The van der Waals surface area contributed by atoms with Crippen LogP contribution in [0.2, 0.25) is 10.0 Å². The maximum Gasteiger partial charge on any atom is 0.138 e. The molecular formula is C15H23Cl2NO. The summed E-state index contributed by atoms with van der Waals surface area (Å²) in [4.78, 5) is 0. The highest BCUT2D eigenvalue weighted by molar-refractivity contribution is 6.34. The Morgan fingerprint density at radius 3 is 2.53 bits per heavy atom. The van der Waals surface area contributed by atoms with Gasteiger partial charge in [-0.2, -0.15) is 0 Å². The first-order valence-corrected chi connectivity index (χ1v) is 7.52. The number of benzene rings is 1. The van der Waals surface area contributed by atoms with E-state index in [1.165, 1.54) is 0 Å². The average Bonchev–Trinajstić information content (AvgIpc) is 2.36. The van der Waals surface area contributed by atoms with Gasteiger partial charge < -0.3 is 10.1 Å². The van der Waals surface area contributed by atoms with E-state index in [0.29, 0.717) is 16.7 Å². The van der Waals surface area contributed by atoms with Crippen LogP contribution in [0.4, 0.5) is 0 Å². The number of nitrogens with one attached hydrogen (secondary N) is 1. The molecule has 0 atom stereocenters. The van der Waals surface area contributed by atoms with Crippen molar-refractivity contribution < 1.29 is 4.74 Å². The van der Waals surface area contributed by atoms with Crippen molar-refractivity contribution in [3.05, 3.63) is 27.7 Å². The second-order valence-electron chi connectivity index (χ2n) is 5.13. The molecule has 2 nitrogen and oxygen atoms in total. The molecule has 0 saturated carbocycles. The number of unbranched alkanes of at least 4 members (excludes halogenated alkanes) is 1. The van der Waals surface area contributed by atoms with Crippen LogP contribution in [-0.2, 0) is 6.42 Å². The highest BCUT2D eigenvalue weighted by Crippen LogP contribution is 2.31. The lowest BCUT2D eigenvalue weighted by Gasteiger charge is -2.10. The topological polar surface area (TPSA) is 21.3 Å².